The average molecular weight is 320 g/mol. The molecule has 1 amide bonds. The highest BCUT2D eigenvalue weighted by atomic mass is 16.6. The molecule has 0 aromatic heterocycles. The summed E-state index contributed by atoms with van der Waals surface area (Å²) in [6, 6.07) is 8.18. The summed E-state index contributed by atoms with van der Waals surface area (Å²) in [7, 11) is 1.76. The topological polar surface area (TPSA) is 41.6 Å². The van der Waals surface area contributed by atoms with Gasteiger partial charge in [-0.2, -0.15) is 0 Å². The van der Waals surface area contributed by atoms with Gasteiger partial charge in [0.15, 0.2) is 0 Å². The minimum Gasteiger partial charge on any atom is -0.444 e. The zero-order chi connectivity index (χ0) is 17.7. The molecule has 23 heavy (non-hydrogen) atoms. The number of nitrogens with zero attached hydrogens (tertiary/aromatic N) is 1. The Morgan fingerprint density at radius 2 is 1.83 bits per heavy atom. The van der Waals surface area contributed by atoms with Gasteiger partial charge < -0.3 is 15.0 Å². The molecule has 0 spiro atoms. The van der Waals surface area contributed by atoms with Crippen LogP contribution in [-0.4, -0.2) is 30.2 Å². The number of carbonyl (C=O) groups excluding carboxylic acids is 1. The zero-order valence-corrected chi connectivity index (χ0v) is 15.7. The molecule has 0 bridgehead atoms. The van der Waals surface area contributed by atoms with Gasteiger partial charge in [-0.05, 0) is 50.3 Å². The van der Waals surface area contributed by atoms with Crippen LogP contribution in [0.2, 0.25) is 0 Å². The number of rotatable bonds is 5. The smallest absolute Gasteiger partial charge is 0.410 e. The largest absolute Gasteiger partial charge is 0.444 e. The molecule has 0 aliphatic heterocycles. The van der Waals surface area contributed by atoms with Crippen molar-refractivity contribution in [3.8, 4) is 0 Å². The monoisotopic (exact) mass is 320 g/mol. The minimum absolute atomic E-state index is 0.302. The SMILES string of the molecule is CN(Cc1cccc(NCCC(C)(C)C)c1)C(=O)OC(C)(C)C. The van der Waals surface area contributed by atoms with Crippen molar-refractivity contribution < 1.29 is 9.53 Å². The molecule has 0 unspecified atom stereocenters. The molecule has 0 saturated carbocycles. The highest BCUT2D eigenvalue weighted by Crippen LogP contribution is 2.19. The van der Waals surface area contributed by atoms with Crippen molar-refractivity contribution in [2.24, 2.45) is 5.41 Å². The summed E-state index contributed by atoms with van der Waals surface area (Å²) in [5, 5.41) is 3.45. The van der Waals surface area contributed by atoms with Crippen molar-refractivity contribution in [2.75, 3.05) is 18.9 Å². The maximum Gasteiger partial charge on any atom is 0.410 e. The molecule has 1 rings (SSSR count). The summed E-state index contributed by atoms with van der Waals surface area (Å²) in [6.45, 7) is 13.8. The Morgan fingerprint density at radius 3 is 2.39 bits per heavy atom. The molecular weight excluding hydrogens is 288 g/mol. The van der Waals surface area contributed by atoms with E-state index in [1.165, 1.54) is 0 Å². The molecule has 1 aromatic rings. The van der Waals surface area contributed by atoms with Gasteiger partial charge in [0.1, 0.15) is 5.60 Å². The van der Waals surface area contributed by atoms with E-state index in [-0.39, 0.29) is 6.09 Å². The number of benzene rings is 1. The first-order valence-corrected chi connectivity index (χ1v) is 8.23. The molecule has 1 aromatic carbocycles. The number of ether oxygens (including phenoxy) is 1. The fourth-order valence-electron chi connectivity index (χ4n) is 2.04. The molecule has 0 radical (unpaired) electrons. The van der Waals surface area contributed by atoms with Crippen LogP contribution in [0.25, 0.3) is 0 Å². The van der Waals surface area contributed by atoms with Crippen LogP contribution < -0.4 is 5.32 Å². The predicted octanol–water partition coefficient (Wildman–Crippen LogP) is 4.90. The summed E-state index contributed by atoms with van der Waals surface area (Å²) in [5.74, 6) is 0. The van der Waals surface area contributed by atoms with Crippen LogP contribution in [0.15, 0.2) is 24.3 Å². The molecule has 0 atom stereocenters. The lowest BCUT2D eigenvalue weighted by Gasteiger charge is -2.25. The summed E-state index contributed by atoms with van der Waals surface area (Å²) in [5.41, 5.74) is 2.02. The molecule has 4 heteroatoms. The summed E-state index contributed by atoms with van der Waals surface area (Å²) in [6.07, 6.45) is 0.804. The van der Waals surface area contributed by atoms with Gasteiger partial charge in [0.25, 0.3) is 0 Å². The average Bonchev–Trinajstić information content (AvgIpc) is 2.35. The van der Waals surface area contributed by atoms with Crippen molar-refractivity contribution in [2.45, 2.75) is 60.1 Å². The van der Waals surface area contributed by atoms with Crippen LogP contribution in [0.3, 0.4) is 0 Å². The maximum absolute atomic E-state index is 12.0. The second-order valence-corrected chi connectivity index (χ2v) is 8.27. The zero-order valence-electron chi connectivity index (χ0n) is 15.7. The Bertz CT molecular complexity index is 513. The first kappa shape index (κ1) is 19.3. The van der Waals surface area contributed by atoms with Crippen LogP contribution in [0.4, 0.5) is 10.5 Å². The highest BCUT2D eigenvalue weighted by molar-refractivity contribution is 5.67. The van der Waals surface area contributed by atoms with E-state index in [1.54, 1.807) is 11.9 Å². The van der Waals surface area contributed by atoms with E-state index in [4.69, 9.17) is 4.74 Å². The van der Waals surface area contributed by atoms with E-state index in [2.05, 4.69) is 38.2 Å². The third kappa shape index (κ3) is 8.48. The van der Waals surface area contributed by atoms with E-state index < -0.39 is 5.60 Å². The van der Waals surface area contributed by atoms with Gasteiger partial charge in [-0.25, -0.2) is 4.79 Å². The highest BCUT2D eigenvalue weighted by Gasteiger charge is 2.19. The number of amides is 1. The normalized spacial score (nSPS) is 12.0. The van der Waals surface area contributed by atoms with Gasteiger partial charge in [-0.1, -0.05) is 32.9 Å². The lowest BCUT2D eigenvalue weighted by molar-refractivity contribution is 0.0285. The van der Waals surface area contributed by atoms with Crippen LogP contribution in [0.5, 0.6) is 0 Å². The van der Waals surface area contributed by atoms with Gasteiger partial charge in [0.05, 0.1) is 0 Å². The summed E-state index contributed by atoms with van der Waals surface area (Å²) >= 11 is 0. The Kier molecular flexibility index (Phi) is 6.48. The number of anilines is 1. The third-order valence-corrected chi connectivity index (χ3v) is 3.26. The van der Waals surface area contributed by atoms with Gasteiger partial charge >= 0.3 is 6.09 Å². The molecule has 0 aliphatic rings. The molecule has 130 valence electrons. The number of hydrogen-bond donors (Lipinski definition) is 1. The molecular formula is C19H32N2O2. The van der Waals surface area contributed by atoms with Crippen LogP contribution in [-0.2, 0) is 11.3 Å². The second-order valence-electron chi connectivity index (χ2n) is 8.27. The molecule has 0 fully saturated rings. The standard InChI is InChI=1S/C19H32N2O2/c1-18(2,3)11-12-20-16-10-8-9-15(13-16)14-21(7)17(22)23-19(4,5)6/h8-10,13,20H,11-12,14H2,1-7H3. The summed E-state index contributed by atoms with van der Waals surface area (Å²) in [4.78, 5) is 13.6. The van der Waals surface area contributed by atoms with Gasteiger partial charge in [0.2, 0.25) is 0 Å². The number of hydrogen-bond acceptors (Lipinski definition) is 3. The lowest BCUT2D eigenvalue weighted by atomic mass is 9.92. The molecule has 0 saturated heterocycles. The lowest BCUT2D eigenvalue weighted by Crippen LogP contribution is -2.33. The fourth-order valence-corrected chi connectivity index (χ4v) is 2.04. The maximum atomic E-state index is 12.0. The van der Waals surface area contributed by atoms with Gasteiger partial charge in [-0.15, -0.1) is 0 Å². The Labute approximate surface area is 141 Å². The van der Waals surface area contributed by atoms with Crippen molar-refractivity contribution in [3.63, 3.8) is 0 Å². The first-order chi connectivity index (χ1) is 10.5. The van der Waals surface area contributed by atoms with Gasteiger partial charge in [-0.3, -0.25) is 0 Å². The van der Waals surface area contributed by atoms with Crippen LogP contribution in [0.1, 0.15) is 53.5 Å². The van der Waals surface area contributed by atoms with Crippen LogP contribution in [0, 0.1) is 5.41 Å². The Balaban J connectivity index is 2.58. The fraction of sp³-hybridized carbons (Fsp3) is 0.632. The van der Waals surface area contributed by atoms with Crippen molar-refractivity contribution in [3.05, 3.63) is 29.8 Å². The van der Waals surface area contributed by atoms with Crippen molar-refractivity contribution >= 4 is 11.8 Å². The molecule has 4 nitrogen and oxygen atoms in total. The van der Waals surface area contributed by atoms with E-state index in [0.29, 0.717) is 12.0 Å². The van der Waals surface area contributed by atoms with Crippen molar-refractivity contribution in [1.82, 2.24) is 4.90 Å². The minimum atomic E-state index is -0.471. The Hall–Kier alpha value is -1.71. The predicted molar refractivity (Wildman–Crippen MR) is 96.7 cm³/mol. The van der Waals surface area contributed by atoms with Gasteiger partial charge in [0, 0.05) is 25.8 Å². The quantitative estimate of drug-likeness (QED) is 0.839. The van der Waals surface area contributed by atoms with Crippen LogP contribution >= 0.6 is 0 Å². The third-order valence-electron chi connectivity index (χ3n) is 3.26. The van der Waals surface area contributed by atoms with E-state index in [1.807, 2.05) is 32.9 Å². The number of carbonyl (C=O) groups is 1. The number of nitrogens with one attached hydrogen (secondary N) is 1. The van der Waals surface area contributed by atoms with E-state index in [9.17, 15) is 4.79 Å². The summed E-state index contributed by atoms with van der Waals surface area (Å²) < 4.78 is 5.38. The van der Waals surface area contributed by atoms with E-state index >= 15 is 0 Å². The Morgan fingerprint density at radius 1 is 1.17 bits per heavy atom. The molecule has 0 heterocycles. The first-order valence-electron chi connectivity index (χ1n) is 8.23. The van der Waals surface area contributed by atoms with Crippen molar-refractivity contribution in [1.29, 1.82) is 0 Å². The van der Waals surface area contributed by atoms with E-state index in [0.717, 1.165) is 24.2 Å². The molecule has 0 aliphatic carbocycles. The molecule has 1 N–H and O–H groups in total. The second kappa shape index (κ2) is 7.71.